The fourth-order valence-electron chi connectivity index (χ4n) is 1.91. The van der Waals surface area contributed by atoms with Gasteiger partial charge < -0.3 is 4.90 Å². The second-order valence-corrected chi connectivity index (χ2v) is 4.09. The maximum atomic E-state index is 11.6. The minimum atomic E-state index is 0.158. The molecule has 0 spiro atoms. The topological polar surface area (TPSA) is 33.2 Å². The molecule has 2 rings (SSSR count). The monoisotopic (exact) mass is 228 g/mol. The number of hydrogen-bond donors (Lipinski definition) is 0. The molecule has 0 aliphatic carbocycles. The third-order valence-corrected chi connectivity index (χ3v) is 2.88. The van der Waals surface area contributed by atoms with Crippen molar-refractivity contribution in [2.75, 3.05) is 7.05 Å². The van der Waals surface area contributed by atoms with E-state index in [-0.39, 0.29) is 5.91 Å². The minimum Gasteiger partial charge on any atom is -0.341 e. The molecule has 0 aliphatic rings. The Morgan fingerprint density at radius 1 is 1.29 bits per heavy atom. The normalized spacial score (nSPS) is 10.5. The number of fused-ring (bicyclic) bond motifs is 1. The van der Waals surface area contributed by atoms with Crippen LogP contribution in [0.3, 0.4) is 0 Å². The molecule has 0 fully saturated rings. The molecular formula is C14H16N2O. The van der Waals surface area contributed by atoms with Crippen molar-refractivity contribution in [3.05, 3.63) is 42.1 Å². The Morgan fingerprint density at radius 3 is 2.82 bits per heavy atom. The standard InChI is InChI=1S/C14H16N2O/c1-3-14(17)16(2)10-11-8-9-15-13-7-5-4-6-12(11)13/h4-9H,3,10H2,1-2H3. The highest BCUT2D eigenvalue weighted by Crippen LogP contribution is 2.17. The van der Waals surface area contributed by atoms with Crippen molar-refractivity contribution in [2.24, 2.45) is 0 Å². The summed E-state index contributed by atoms with van der Waals surface area (Å²) in [4.78, 5) is 17.6. The summed E-state index contributed by atoms with van der Waals surface area (Å²) in [7, 11) is 1.83. The maximum absolute atomic E-state index is 11.6. The summed E-state index contributed by atoms with van der Waals surface area (Å²) in [5, 5.41) is 1.12. The number of rotatable bonds is 3. The lowest BCUT2D eigenvalue weighted by Crippen LogP contribution is -2.25. The van der Waals surface area contributed by atoms with Crippen LogP contribution in [0.25, 0.3) is 10.9 Å². The van der Waals surface area contributed by atoms with Gasteiger partial charge in [0, 0.05) is 31.6 Å². The molecule has 1 aromatic carbocycles. The van der Waals surface area contributed by atoms with Gasteiger partial charge in [0.05, 0.1) is 5.52 Å². The van der Waals surface area contributed by atoms with Gasteiger partial charge in [-0.25, -0.2) is 0 Å². The summed E-state index contributed by atoms with van der Waals surface area (Å²) >= 11 is 0. The van der Waals surface area contributed by atoms with E-state index in [1.807, 2.05) is 44.3 Å². The number of amides is 1. The third-order valence-electron chi connectivity index (χ3n) is 2.88. The lowest BCUT2D eigenvalue weighted by atomic mass is 10.1. The maximum Gasteiger partial charge on any atom is 0.222 e. The van der Waals surface area contributed by atoms with Crippen LogP contribution in [0.15, 0.2) is 36.5 Å². The van der Waals surface area contributed by atoms with Crippen LogP contribution in [0.2, 0.25) is 0 Å². The number of nitrogens with zero attached hydrogens (tertiary/aromatic N) is 2. The first-order chi connectivity index (χ1) is 8.22. The average Bonchev–Trinajstić information content (AvgIpc) is 2.38. The first-order valence-electron chi connectivity index (χ1n) is 5.79. The summed E-state index contributed by atoms with van der Waals surface area (Å²) in [6, 6.07) is 9.97. The molecular weight excluding hydrogens is 212 g/mol. The summed E-state index contributed by atoms with van der Waals surface area (Å²) in [5.74, 6) is 0.158. The van der Waals surface area contributed by atoms with Gasteiger partial charge in [-0.3, -0.25) is 9.78 Å². The minimum absolute atomic E-state index is 0.158. The van der Waals surface area contributed by atoms with Crippen molar-refractivity contribution in [3.63, 3.8) is 0 Å². The highest BCUT2D eigenvalue weighted by atomic mass is 16.2. The van der Waals surface area contributed by atoms with E-state index in [1.54, 1.807) is 11.1 Å². The van der Waals surface area contributed by atoms with Gasteiger partial charge >= 0.3 is 0 Å². The smallest absolute Gasteiger partial charge is 0.222 e. The lowest BCUT2D eigenvalue weighted by Gasteiger charge is -2.17. The molecule has 3 heteroatoms. The SMILES string of the molecule is CCC(=O)N(C)Cc1ccnc2ccccc12. The summed E-state index contributed by atoms with van der Waals surface area (Å²) in [5.41, 5.74) is 2.11. The molecule has 88 valence electrons. The number of para-hydroxylation sites is 1. The van der Waals surface area contributed by atoms with Gasteiger partial charge in [0.1, 0.15) is 0 Å². The molecule has 0 atom stereocenters. The van der Waals surface area contributed by atoms with Gasteiger partial charge in [-0.2, -0.15) is 0 Å². The van der Waals surface area contributed by atoms with E-state index in [2.05, 4.69) is 4.98 Å². The summed E-state index contributed by atoms with van der Waals surface area (Å²) in [6.45, 7) is 2.51. The predicted molar refractivity (Wildman–Crippen MR) is 68.5 cm³/mol. The first-order valence-corrected chi connectivity index (χ1v) is 5.79. The lowest BCUT2D eigenvalue weighted by molar-refractivity contribution is -0.130. The van der Waals surface area contributed by atoms with Gasteiger partial charge in [-0.15, -0.1) is 0 Å². The predicted octanol–water partition coefficient (Wildman–Crippen LogP) is 2.60. The zero-order valence-corrected chi connectivity index (χ0v) is 10.2. The third kappa shape index (κ3) is 2.44. The van der Waals surface area contributed by atoms with Gasteiger partial charge in [0.25, 0.3) is 0 Å². The van der Waals surface area contributed by atoms with Gasteiger partial charge in [-0.05, 0) is 17.7 Å². The van der Waals surface area contributed by atoms with E-state index in [9.17, 15) is 4.79 Å². The zero-order valence-electron chi connectivity index (χ0n) is 10.2. The van der Waals surface area contributed by atoms with Crippen LogP contribution >= 0.6 is 0 Å². The van der Waals surface area contributed by atoms with Gasteiger partial charge in [0.15, 0.2) is 0 Å². The number of hydrogen-bond acceptors (Lipinski definition) is 2. The van der Waals surface area contributed by atoms with Gasteiger partial charge in [0.2, 0.25) is 5.91 Å². The van der Waals surface area contributed by atoms with E-state index in [0.717, 1.165) is 16.5 Å². The van der Waals surface area contributed by atoms with E-state index < -0.39 is 0 Å². The Kier molecular flexibility index (Phi) is 3.38. The molecule has 1 aromatic heterocycles. The van der Waals surface area contributed by atoms with E-state index in [0.29, 0.717) is 13.0 Å². The van der Waals surface area contributed by atoms with Crippen molar-refractivity contribution >= 4 is 16.8 Å². The zero-order chi connectivity index (χ0) is 12.3. The van der Waals surface area contributed by atoms with Crippen molar-refractivity contribution in [1.82, 2.24) is 9.88 Å². The number of carbonyl (C=O) groups excluding carboxylic acids is 1. The Labute approximate surface area is 101 Å². The fourth-order valence-corrected chi connectivity index (χ4v) is 1.91. The van der Waals surface area contributed by atoms with Crippen LogP contribution in [0.5, 0.6) is 0 Å². The molecule has 0 bridgehead atoms. The molecule has 2 aromatic rings. The molecule has 0 N–H and O–H groups in total. The van der Waals surface area contributed by atoms with Crippen LogP contribution in [-0.2, 0) is 11.3 Å². The van der Waals surface area contributed by atoms with Crippen molar-refractivity contribution in [2.45, 2.75) is 19.9 Å². The number of aromatic nitrogens is 1. The van der Waals surface area contributed by atoms with Crippen LogP contribution in [0, 0.1) is 0 Å². The van der Waals surface area contributed by atoms with E-state index in [4.69, 9.17) is 0 Å². The first kappa shape index (κ1) is 11.6. The molecule has 0 radical (unpaired) electrons. The molecule has 0 unspecified atom stereocenters. The molecule has 0 aliphatic heterocycles. The second-order valence-electron chi connectivity index (χ2n) is 4.09. The molecule has 17 heavy (non-hydrogen) atoms. The quantitative estimate of drug-likeness (QED) is 0.809. The van der Waals surface area contributed by atoms with Crippen LogP contribution in [0.4, 0.5) is 0 Å². The Hall–Kier alpha value is -1.90. The largest absolute Gasteiger partial charge is 0.341 e. The Morgan fingerprint density at radius 2 is 2.06 bits per heavy atom. The average molecular weight is 228 g/mol. The van der Waals surface area contributed by atoms with Gasteiger partial charge in [-0.1, -0.05) is 25.1 Å². The Bertz CT molecular complexity index is 531. The number of carbonyl (C=O) groups is 1. The molecule has 3 nitrogen and oxygen atoms in total. The number of pyridine rings is 1. The fraction of sp³-hybridized carbons (Fsp3) is 0.286. The highest BCUT2D eigenvalue weighted by molar-refractivity contribution is 5.82. The van der Waals surface area contributed by atoms with Crippen molar-refractivity contribution < 1.29 is 4.79 Å². The van der Waals surface area contributed by atoms with Crippen molar-refractivity contribution in [1.29, 1.82) is 0 Å². The number of benzene rings is 1. The van der Waals surface area contributed by atoms with Crippen LogP contribution in [0.1, 0.15) is 18.9 Å². The van der Waals surface area contributed by atoms with Crippen LogP contribution < -0.4 is 0 Å². The highest BCUT2D eigenvalue weighted by Gasteiger charge is 2.08. The molecule has 1 amide bonds. The summed E-state index contributed by atoms with van der Waals surface area (Å²) in [6.07, 6.45) is 2.33. The van der Waals surface area contributed by atoms with E-state index >= 15 is 0 Å². The second kappa shape index (κ2) is 4.95. The summed E-state index contributed by atoms with van der Waals surface area (Å²) < 4.78 is 0. The van der Waals surface area contributed by atoms with Crippen LogP contribution in [-0.4, -0.2) is 22.8 Å². The molecule has 0 saturated carbocycles. The molecule has 1 heterocycles. The van der Waals surface area contributed by atoms with E-state index in [1.165, 1.54) is 0 Å². The molecule has 0 saturated heterocycles. The Balaban J connectivity index is 2.33. The van der Waals surface area contributed by atoms with Crippen molar-refractivity contribution in [3.8, 4) is 0 Å².